The smallest absolute Gasteiger partial charge is 0.0253 e. The maximum Gasteiger partial charge on any atom is 0.0253 e. The van der Waals surface area contributed by atoms with E-state index in [1.165, 1.54) is 0 Å². The Hall–Kier alpha value is -0.780. The first-order chi connectivity index (χ1) is 5.35. The molecule has 0 rings (SSSR count). The third-order valence-electron chi connectivity index (χ3n) is 1.48. The summed E-state index contributed by atoms with van der Waals surface area (Å²) in [6, 6.07) is 0.327. The second-order valence-corrected chi connectivity index (χ2v) is 2.35. The maximum absolute atomic E-state index is 5.30. The molecule has 0 aliphatic carbocycles. The molecule has 0 heterocycles. The average molecular weight is 152 g/mol. The predicted molar refractivity (Wildman–Crippen MR) is 48.6 cm³/mol. The molecule has 0 saturated heterocycles. The van der Waals surface area contributed by atoms with Gasteiger partial charge in [0.05, 0.1) is 0 Å². The van der Waals surface area contributed by atoms with Gasteiger partial charge in [-0.1, -0.05) is 6.08 Å². The van der Waals surface area contributed by atoms with Gasteiger partial charge < -0.3 is 0 Å². The Morgan fingerprint density at radius 3 is 2.91 bits per heavy atom. The molecule has 0 aromatic carbocycles. The van der Waals surface area contributed by atoms with Crippen LogP contribution in [-0.4, -0.2) is 6.04 Å². The van der Waals surface area contributed by atoms with Crippen LogP contribution in [-0.2, 0) is 0 Å². The highest BCUT2D eigenvalue weighted by Gasteiger charge is 2.00. The van der Waals surface area contributed by atoms with Crippen molar-refractivity contribution < 1.29 is 0 Å². The van der Waals surface area contributed by atoms with Crippen LogP contribution >= 0.6 is 0 Å². The van der Waals surface area contributed by atoms with E-state index in [2.05, 4.69) is 23.8 Å². The van der Waals surface area contributed by atoms with Crippen LogP contribution in [0.2, 0.25) is 0 Å². The molecule has 0 fully saturated rings. The van der Waals surface area contributed by atoms with E-state index in [-0.39, 0.29) is 0 Å². The Bertz CT molecular complexity index is 153. The molecule has 2 heteroatoms. The van der Waals surface area contributed by atoms with Crippen LogP contribution in [0.3, 0.4) is 0 Å². The molecule has 3 N–H and O–H groups in total. The zero-order valence-electron chi connectivity index (χ0n) is 7.06. The van der Waals surface area contributed by atoms with Gasteiger partial charge in [-0.2, -0.15) is 0 Å². The van der Waals surface area contributed by atoms with E-state index >= 15 is 0 Å². The van der Waals surface area contributed by atoms with Crippen molar-refractivity contribution in [2.24, 2.45) is 5.84 Å². The van der Waals surface area contributed by atoms with Gasteiger partial charge in [0, 0.05) is 12.5 Å². The van der Waals surface area contributed by atoms with E-state index in [1.54, 1.807) is 0 Å². The van der Waals surface area contributed by atoms with Gasteiger partial charge in [0.25, 0.3) is 0 Å². The van der Waals surface area contributed by atoms with Crippen molar-refractivity contribution >= 4 is 0 Å². The fourth-order valence-corrected chi connectivity index (χ4v) is 0.842. The summed E-state index contributed by atoms with van der Waals surface area (Å²) in [4.78, 5) is 0. The van der Waals surface area contributed by atoms with Crippen LogP contribution < -0.4 is 11.3 Å². The second kappa shape index (κ2) is 7.33. The molecular formula is C9H16N2. The quantitative estimate of drug-likeness (QED) is 0.269. The summed E-state index contributed by atoms with van der Waals surface area (Å²) in [7, 11) is 0. The lowest BCUT2D eigenvalue weighted by atomic mass is 10.1. The van der Waals surface area contributed by atoms with Crippen molar-refractivity contribution in [3.8, 4) is 11.8 Å². The van der Waals surface area contributed by atoms with Crippen LogP contribution in [0, 0.1) is 11.8 Å². The number of hydrogen-bond acceptors (Lipinski definition) is 2. The van der Waals surface area contributed by atoms with Crippen LogP contribution in [0.15, 0.2) is 12.7 Å². The number of nitrogens with one attached hydrogen (secondary N) is 1. The van der Waals surface area contributed by atoms with Crippen molar-refractivity contribution in [2.45, 2.75) is 32.2 Å². The molecule has 62 valence electrons. The number of hydrogen-bond donors (Lipinski definition) is 2. The third-order valence-corrected chi connectivity index (χ3v) is 1.48. The zero-order chi connectivity index (χ0) is 8.53. The van der Waals surface area contributed by atoms with Crippen LogP contribution in [0.1, 0.15) is 26.2 Å². The monoisotopic (exact) mass is 152 g/mol. The fourth-order valence-electron chi connectivity index (χ4n) is 0.842. The fraction of sp³-hybridized carbons (Fsp3) is 0.556. The summed E-state index contributed by atoms with van der Waals surface area (Å²) in [6.45, 7) is 5.49. The summed E-state index contributed by atoms with van der Waals surface area (Å²) in [6.07, 6.45) is 4.66. The van der Waals surface area contributed by atoms with E-state index in [0.717, 1.165) is 19.3 Å². The minimum atomic E-state index is 0.327. The maximum atomic E-state index is 5.30. The molecule has 1 atom stereocenters. The molecule has 1 unspecified atom stereocenters. The average Bonchev–Trinajstić information content (AvgIpc) is 2.03. The summed E-state index contributed by atoms with van der Waals surface area (Å²) in [5, 5.41) is 0. The van der Waals surface area contributed by atoms with Crippen LogP contribution in [0.25, 0.3) is 0 Å². The summed E-state index contributed by atoms with van der Waals surface area (Å²) in [5.41, 5.74) is 2.72. The van der Waals surface area contributed by atoms with E-state index in [9.17, 15) is 0 Å². The Labute approximate surface area is 68.8 Å². The SMILES string of the molecule is C=CCC(CCC#CC)NN. The second-order valence-electron chi connectivity index (χ2n) is 2.35. The third kappa shape index (κ3) is 5.65. The number of nitrogens with two attached hydrogens (primary N) is 1. The molecule has 0 aromatic rings. The van der Waals surface area contributed by atoms with Gasteiger partial charge in [0.2, 0.25) is 0 Å². The number of rotatable bonds is 5. The Kier molecular flexibility index (Phi) is 6.81. The normalized spacial score (nSPS) is 11.5. The topological polar surface area (TPSA) is 38.0 Å². The molecule has 0 spiro atoms. The lowest BCUT2D eigenvalue weighted by molar-refractivity contribution is 0.505. The summed E-state index contributed by atoms with van der Waals surface area (Å²) >= 11 is 0. The van der Waals surface area contributed by atoms with Crippen molar-refractivity contribution in [2.75, 3.05) is 0 Å². The molecule has 0 aromatic heterocycles. The van der Waals surface area contributed by atoms with Gasteiger partial charge in [-0.05, 0) is 19.8 Å². The minimum Gasteiger partial charge on any atom is -0.271 e. The summed E-state index contributed by atoms with van der Waals surface area (Å²) in [5.74, 6) is 11.1. The minimum absolute atomic E-state index is 0.327. The molecule has 0 saturated carbocycles. The van der Waals surface area contributed by atoms with E-state index in [4.69, 9.17) is 5.84 Å². The highest BCUT2D eigenvalue weighted by atomic mass is 15.2. The molecule has 11 heavy (non-hydrogen) atoms. The van der Waals surface area contributed by atoms with E-state index in [1.807, 2.05) is 13.0 Å². The van der Waals surface area contributed by atoms with Gasteiger partial charge in [-0.25, -0.2) is 0 Å². The molecule has 0 radical (unpaired) electrons. The molecular weight excluding hydrogens is 136 g/mol. The predicted octanol–water partition coefficient (Wildman–Crippen LogP) is 1.20. The first kappa shape index (κ1) is 10.2. The van der Waals surface area contributed by atoms with Crippen molar-refractivity contribution in [1.29, 1.82) is 0 Å². The van der Waals surface area contributed by atoms with Gasteiger partial charge >= 0.3 is 0 Å². The highest BCUT2D eigenvalue weighted by Crippen LogP contribution is 1.99. The largest absolute Gasteiger partial charge is 0.271 e. The van der Waals surface area contributed by atoms with Crippen LogP contribution in [0.5, 0.6) is 0 Å². The van der Waals surface area contributed by atoms with Crippen molar-refractivity contribution in [3.63, 3.8) is 0 Å². The molecule has 0 amide bonds. The molecule has 2 nitrogen and oxygen atoms in total. The molecule has 0 aliphatic rings. The Morgan fingerprint density at radius 1 is 1.73 bits per heavy atom. The highest BCUT2D eigenvalue weighted by molar-refractivity contribution is 4.95. The first-order valence-electron chi connectivity index (χ1n) is 3.81. The lowest BCUT2D eigenvalue weighted by Gasteiger charge is -2.10. The van der Waals surface area contributed by atoms with Gasteiger partial charge in [-0.15, -0.1) is 18.4 Å². The van der Waals surface area contributed by atoms with Crippen LogP contribution in [0.4, 0.5) is 0 Å². The first-order valence-corrected chi connectivity index (χ1v) is 3.81. The standard InChI is InChI=1S/C9H16N2/c1-3-5-6-8-9(11-10)7-4-2/h4,9,11H,2,6-8,10H2,1H3. The molecule has 0 bridgehead atoms. The number of hydrazine groups is 1. The van der Waals surface area contributed by atoms with Crippen molar-refractivity contribution in [1.82, 2.24) is 5.43 Å². The zero-order valence-corrected chi connectivity index (χ0v) is 7.06. The summed E-state index contributed by atoms with van der Waals surface area (Å²) < 4.78 is 0. The molecule has 0 aliphatic heterocycles. The van der Waals surface area contributed by atoms with E-state index in [0.29, 0.717) is 6.04 Å². The van der Waals surface area contributed by atoms with Gasteiger partial charge in [-0.3, -0.25) is 11.3 Å². The van der Waals surface area contributed by atoms with Gasteiger partial charge in [0.1, 0.15) is 0 Å². The lowest BCUT2D eigenvalue weighted by Crippen LogP contribution is -2.34. The van der Waals surface area contributed by atoms with E-state index < -0.39 is 0 Å². The van der Waals surface area contributed by atoms with Gasteiger partial charge in [0.15, 0.2) is 0 Å². The Morgan fingerprint density at radius 2 is 2.45 bits per heavy atom. The van der Waals surface area contributed by atoms with Crippen molar-refractivity contribution in [3.05, 3.63) is 12.7 Å². The Balaban J connectivity index is 3.48.